The molecule has 11 heavy (non-hydrogen) atoms. The Morgan fingerprint density at radius 3 is 2.73 bits per heavy atom. The first-order valence-electron chi connectivity index (χ1n) is 3.87. The summed E-state index contributed by atoms with van der Waals surface area (Å²) in [7, 11) is 1.65. The van der Waals surface area contributed by atoms with Crippen LogP contribution < -0.4 is 0 Å². The van der Waals surface area contributed by atoms with Gasteiger partial charge in [0.25, 0.3) is 0 Å². The summed E-state index contributed by atoms with van der Waals surface area (Å²) in [5.74, 6) is -0.447. The van der Waals surface area contributed by atoms with Crippen LogP contribution in [0.3, 0.4) is 0 Å². The molecule has 0 amide bonds. The third kappa shape index (κ3) is 7.33. The summed E-state index contributed by atoms with van der Waals surface area (Å²) in [4.78, 5) is 10.2. The van der Waals surface area contributed by atoms with Crippen LogP contribution in [0.5, 0.6) is 0 Å². The zero-order valence-electron chi connectivity index (χ0n) is 7.17. The Bertz CT molecular complexity index is 112. The maximum absolute atomic E-state index is 10.2. The lowest BCUT2D eigenvalue weighted by Crippen LogP contribution is -2.05. The average molecular weight is 160 g/mol. The number of aliphatic carboxylic acids is 1. The molecule has 0 bridgehead atoms. The van der Waals surface area contributed by atoms with Crippen LogP contribution in [0.25, 0.3) is 0 Å². The second-order valence-corrected chi connectivity index (χ2v) is 2.84. The molecule has 0 heterocycles. The minimum absolute atomic E-state index is 0.266. The lowest BCUT2D eigenvalue weighted by atomic mass is 10.0. The minimum Gasteiger partial charge on any atom is -0.481 e. The van der Waals surface area contributed by atoms with E-state index in [1.54, 1.807) is 7.11 Å². The van der Waals surface area contributed by atoms with Gasteiger partial charge in [-0.1, -0.05) is 6.92 Å². The Labute approximate surface area is 67.4 Å². The molecule has 0 saturated heterocycles. The second kappa shape index (κ2) is 6.16. The number of rotatable bonds is 6. The lowest BCUT2D eigenvalue weighted by molar-refractivity contribution is -0.138. The highest BCUT2D eigenvalue weighted by atomic mass is 16.5. The van der Waals surface area contributed by atoms with Crippen LogP contribution in [0, 0.1) is 5.92 Å². The number of carbonyl (C=O) groups is 1. The molecule has 0 aromatic rings. The Hall–Kier alpha value is -0.570. The van der Waals surface area contributed by atoms with Crippen molar-refractivity contribution in [2.24, 2.45) is 5.92 Å². The largest absolute Gasteiger partial charge is 0.481 e. The number of carboxylic acid groups (broad SMARTS) is 1. The fourth-order valence-electron chi connectivity index (χ4n) is 0.976. The number of hydrogen-bond acceptors (Lipinski definition) is 2. The molecule has 0 rings (SSSR count). The summed E-state index contributed by atoms with van der Waals surface area (Å²) in [5.41, 5.74) is 0. The number of hydrogen-bond donors (Lipinski definition) is 1. The standard InChI is InChI=1S/C8H16O3/c1-7(6-8(9)10)4-3-5-11-2/h7H,3-6H2,1-2H3,(H,9,10). The van der Waals surface area contributed by atoms with Gasteiger partial charge in [-0.3, -0.25) is 4.79 Å². The molecule has 1 unspecified atom stereocenters. The van der Waals surface area contributed by atoms with Gasteiger partial charge in [-0.25, -0.2) is 0 Å². The molecule has 0 radical (unpaired) electrons. The summed E-state index contributed by atoms with van der Waals surface area (Å²) in [6.07, 6.45) is 2.15. The first-order chi connectivity index (χ1) is 5.16. The van der Waals surface area contributed by atoms with Crippen molar-refractivity contribution in [1.82, 2.24) is 0 Å². The van der Waals surface area contributed by atoms with E-state index in [9.17, 15) is 4.79 Å². The number of ether oxygens (including phenoxy) is 1. The maximum Gasteiger partial charge on any atom is 0.303 e. The van der Waals surface area contributed by atoms with Gasteiger partial charge in [-0.2, -0.15) is 0 Å². The van der Waals surface area contributed by atoms with Gasteiger partial charge in [0.2, 0.25) is 0 Å². The van der Waals surface area contributed by atoms with E-state index in [1.807, 2.05) is 6.92 Å². The molecule has 0 aliphatic heterocycles. The predicted octanol–water partition coefficient (Wildman–Crippen LogP) is 1.52. The van der Waals surface area contributed by atoms with E-state index in [4.69, 9.17) is 9.84 Å². The zero-order valence-corrected chi connectivity index (χ0v) is 7.17. The normalized spacial score (nSPS) is 12.9. The molecule has 1 N–H and O–H groups in total. The summed E-state index contributed by atoms with van der Waals surface area (Å²) < 4.78 is 4.85. The molecular formula is C8H16O3. The smallest absolute Gasteiger partial charge is 0.303 e. The van der Waals surface area contributed by atoms with Crippen molar-refractivity contribution in [3.8, 4) is 0 Å². The highest BCUT2D eigenvalue weighted by Crippen LogP contribution is 2.09. The van der Waals surface area contributed by atoms with Crippen molar-refractivity contribution >= 4 is 5.97 Å². The van der Waals surface area contributed by atoms with Crippen molar-refractivity contribution in [3.63, 3.8) is 0 Å². The van der Waals surface area contributed by atoms with Gasteiger partial charge in [0.1, 0.15) is 0 Å². The van der Waals surface area contributed by atoms with E-state index >= 15 is 0 Å². The minimum atomic E-state index is -0.713. The van der Waals surface area contributed by atoms with E-state index in [1.165, 1.54) is 0 Å². The Balaban J connectivity index is 3.22. The maximum atomic E-state index is 10.2. The fourth-order valence-corrected chi connectivity index (χ4v) is 0.976. The van der Waals surface area contributed by atoms with Gasteiger partial charge in [0.05, 0.1) is 0 Å². The molecule has 0 spiro atoms. The van der Waals surface area contributed by atoms with Crippen molar-refractivity contribution in [3.05, 3.63) is 0 Å². The highest BCUT2D eigenvalue weighted by Gasteiger charge is 2.06. The zero-order chi connectivity index (χ0) is 8.69. The number of methoxy groups -OCH3 is 1. The van der Waals surface area contributed by atoms with Crippen molar-refractivity contribution in [1.29, 1.82) is 0 Å². The van der Waals surface area contributed by atoms with Crippen LogP contribution in [0.2, 0.25) is 0 Å². The molecule has 0 aromatic carbocycles. The molecule has 0 aliphatic rings. The Kier molecular flexibility index (Phi) is 5.84. The van der Waals surface area contributed by atoms with Crippen LogP contribution in [0.15, 0.2) is 0 Å². The molecule has 1 atom stereocenters. The van der Waals surface area contributed by atoms with E-state index in [-0.39, 0.29) is 12.3 Å². The predicted molar refractivity (Wildman–Crippen MR) is 42.5 cm³/mol. The fraction of sp³-hybridized carbons (Fsp3) is 0.875. The monoisotopic (exact) mass is 160 g/mol. The van der Waals surface area contributed by atoms with E-state index in [0.717, 1.165) is 19.4 Å². The average Bonchev–Trinajstić information content (AvgIpc) is 1.86. The summed E-state index contributed by atoms with van der Waals surface area (Å²) in [6.45, 7) is 2.67. The van der Waals surface area contributed by atoms with Gasteiger partial charge < -0.3 is 9.84 Å². The number of carboxylic acids is 1. The lowest BCUT2D eigenvalue weighted by Gasteiger charge is -2.06. The third-order valence-corrected chi connectivity index (χ3v) is 1.57. The highest BCUT2D eigenvalue weighted by molar-refractivity contribution is 5.66. The van der Waals surface area contributed by atoms with Crippen molar-refractivity contribution in [2.45, 2.75) is 26.2 Å². The van der Waals surface area contributed by atoms with E-state index < -0.39 is 5.97 Å². The molecule has 3 nitrogen and oxygen atoms in total. The first kappa shape index (κ1) is 10.4. The quantitative estimate of drug-likeness (QED) is 0.599. The van der Waals surface area contributed by atoms with Crippen LogP contribution in [0.4, 0.5) is 0 Å². The molecule has 0 fully saturated rings. The molecule has 66 valence electrons. The van der Waals surface area contributed by atoms with Gasteiger partial charge >= 0.3 is 5.97 Å². The molecular weight excluding hydrogens is 144 g/mol. The second-order valence-electron chi connectivity index (χ2n) is 2.84. The Morgan fingerprint density at radius 1 is 1.64 bits per heavy atom. The molecule has 0 saturated carbocycles. The van der Waals surface area contributed by atoms with Crippen LogP contribution in [-0.2, 0) is 9.53 Å². The van der Waals surface area contributed by atoms with Gasteiger partial charge in [-0.15, -0.1) is 0 Å². The molecule has 0 aromatic heterocycles. The summed E-state index contributed by atoms with van der Waals surface area (Å²) in [6, 6.07) is 0. The van der Waals surface area contributed by atoms with E-state index in [2.05, 4.69) is 0 Å². The SMILES string of the molecule is COCCCC(C)CC(=O)O. The Morgan fingerprint density at radius 2 is 2.27 bits per heavy atom. The van der Waals surface area contributed by atoms with E-state index in [0.29, 0.717) is 0 Å². The molecule has 3 heteroatoms. The third-order valence-electron chi connectivity index (χ3n) is 1.57. The van der Waals surface area contributed by atoms with Crippen LogP contribution in [0.1, 0.15) is 26.2 Å². The summed E-state index contributed by atoms with van der Waals surface area (Å²) >= 11 is 0. The van der Waals surface area contributed by atoms with Gasteiger partial charge in [-0.05, 0) is 18.8 Å². The van der Waals surface area contributed by atoms with Crippen LogP contribution >= 0.6 is 0 Å². The van der Waals surface area contributed by atoms with Gasteiger partial charge in [0.15, 0.2) is 0 Å². The summed E-state index contributed by atoms with van der Waals surface area (Å²) in [5, 5.41) is 8.41. The first-order valence-corrected chi connectivity index (χ1v) is 3.87. The van der Waals surface area contributed by atoms with Crippen molar-refractivity contribution < 1.29 is 14.6 Å². The van der Waals surface area contributed by atoms with Crippen LogP contribution in [-0.4, -0.2) is 24.8 Å². The van der Waals surface area contributed by atoms with Gasteiger partial charge in [0, 0.05) is 20.1 Å². The topological polar surface area (TPSA) is 46.5 Å². The molecule has 0 aliphatic carbocycles. The van der Waals surface area contributed by atoms with Crippen molar-refractivity contribution in [2.75, 3.05) is 13.7 Å².